The first-order valence-electron chi connectivity index (χ1n) is 5.51. The van der Waals surface area contributed by atoms with Crippen LogP contribution < -0.4 is 5.32 Å². The van der Waals surface area contributed by atoms with Crippen molar-refractivity contribution in [1.29, 1.82) is 0 Å². The van der Waals surface area contributed by atoms with Crippen LogP contribution in [-0.2, 0) is 4.79 Å². The van der Waals surface area contributed by atoms with Crippen LogP contribution in [-0.4, -0.2) is 23.2 Å². The smallest absolute Gasteiger partial charge is 0.305 e. The number of hydrogen-bond acceptors (Lipinski definition) is 2. The third-order valence-electron chi connectivity index (χ3n) is 2.94. The number of carbonyl (C=O) groups is 1. The quantitative estimate of drug-likeness (QED) is 0.712. The van der Waals surface area contributed by atoms with Crippen molar-refractivity contribution in [3.8, 4) is 0 Å². The first-order chi connectivity index (χ1) is 6.54. The van der Waals surface area contributed by atoms with Crippen molar-refractivity contribution in [2.24, 2.45) is 5.92 Å². The minimum atomic E-state index is -0.678. The van der Waals surface area contributed by atoms with Crippen molar-refractivity contribution in [3.63, 3.8) is 0 Å². The summed E-state index contributed by atoms with van der Waals surface area (Å²) < 4.78 is 0. The van der Waals surface area contributed by atoms with Crippen LogP contribution in [0.2, 0.25) is 0 Å². The Balaban J connectivity index is 2.48. The van der Waals surface area contributed by atoms with Crippen molar-refractivity contribution in [2.75, 3.05) is 6.54 Å². The summed E-state index contributed by atoms with van der Waals surface area (Å²) in [4.78, 5) is 10.8. The summed E-state index contributed by atoms with van der Waals surface area (Å²) in [5.74, 6) is -0.0931. The zero-order chi connectivity index (χ0) is 10.6. The van der Waals surface area contributed by atoms with Gasteiger partial charge in [0.25, 0.3) is 0 Å². The van der Waals surface area contributed by atoms with Gasteiger partial charge in [0.05, 0.1) is 6.42 Å². The molecule has 0 aliphatic heterocycles. The van der Waals surface area contributed by atoms with Gasteiger partial charge in [-0.3, -0.25) is 4.79 Å². The molecular formula is C11H21NO2. The van der Waals surface area contributed by atoms with E-state index in [4.69, 9.17) is 5.11 Å². The molecule has 0 heterocycles. The maximum absolute atomic E-state index is 10.8. The largest absolute Gasteiger partial charge is 0.481 e. The lowest BCUT2D eigenvalue weighted by Gasteiger charge is -2.29. The average Bonchev–Trinajstić information content (AvgIpc) is 2.49. The monoisotopic (exact) mass is 199 g/mol. The second kappa shape index (κ2) is 4.78. The van der Waals surface area contributed by atoms with E-state index in [0.29, 0.717) is 5.92 Å². The molecule has 14 heavy (non-hydrogen) atoms. The Morgan fingerprint density at radius 1 is 1.43 bits per heavy atom. The molecule has 1 aliphatic carbocycles. The van der Waals surface area contributed by atoms with Crippen LogP contribution in [0.4, 0.5) is 0 Å². The number of carboxylic acid groups (broad SMARTS) is 1. The molecule has 3 nitrogen and oxygen atoms in total. The Labute approximate surface area is 85.9 Å². The predicted molar refractivity (Wildman–Crippen MR) is 56.3 cm³/mol. The van der Waals surface area contributed by atoms with Gasteiger partial charge in [-0.05, 0) is 25.3 Å². The molecule has 1 fully saturated rings. The Morgan fingerprint density at radius 3 is 2.43 bits per heavy atom. The van der Waals surface area contributed by atoms with Crippen LogP contribution in [0.5, 0.6) is 0 Å². The number of rotatable bonds is 5. The summed E-state index contributed by atoms with van der Waals surface area (Å²) in [6.07, 6.45) is 4.65. The molecule has 0 aromatic heterocycles. The van der Waals surface area contributed by atoms with E-state index in [1.807, 2.05) is 0 Å². The van der Waals surface area contributed by atoms with Crippen LogP contribution in [0.1, 0.15) is 46.0 Å². The molecule has 0 radical (unpaired) electrons. The van der Waals surface area contributed by atoms with E-state index in [1.54, 1.807) is 0 Å². The minimum Gasteiger partial charge on any atom is -0.481 e. The average molecular weight is 199 g/mol. The topological polar surface area (TPSA) is 49.3 Å². The fourth-order valence-electron chi connectivity index (χ4n) is 2.18. The Morgan fingerprint density at radius 2 is 2.00 bits per heavy atom. The predicted octanol–water partition coefficient (Wildman–Crippen LogP) is 2.02. The zero-order valence-electron chi connectivity index (χ0n) is 9.18. The van der Waals surface area contributed by atoms with E-state index in [2.05, 4.69) is 19.2 Å². The SMILES string of the molecule is CC(C)CNC1(CC(=O)O)CCCC1. The highest BCUT2D eigenvalue weighted by Gasteiger charge is 2.35. The van der Waals surface area contributed by atoms with E-state index in [-0.39, 0.29) is 12.0 Å². The van der Waals surface area contributed by atoms with E-state index in [1.165, 1.54) is 12.8 Å². The van der Waals surface area contributed by atoms with Crippen molar-refractivity contribution in [2.45, 2.75) is 51.5 Å². The van der Waals surface area contributed by atoms with Crippen LogP contribution in [0.15, 0.2) is 0 Å². The van der Waals surface area contributed by atoms with Gasteiger partial charge >= 0.3 is 5.97 Å². The fourth-order valence-corrected chi connectivity index (χ4v) is 2.18. The lowest BCUT2D eigenvalue weighted by atomic mass is 9.92. The highest BCUT2D eigenvalue weighted by atomic mass is 16.4. The van der Waals surface area contributed by atoms with Gasteiger partial charge in [0.15, 0.2) is 0 Å². The zero-order valence-corrected chi connectivity index (χ0v) is 9.18. The number of hydrogen-bond donors (Lipinski definition) is 2. The van der Waals surface area contributed by atoms with Gasteiger partial charge in [-0.1, -0.05) is 26.7 Å². The molecule has 0 bridgehead atoms. The molecule has 0 atom stereocenters. The third kappa shape index (κ3) is 3.29. The van der Waals surface area contributed by atoms with Crippen LogP contribution in [0.25, 0.3) is 0 Å². The van der Waals surface area contributed by atoms with Crippen molar-refractivity contribution in [1.82, 2.24) is 5.32 Å². The van der Waals surface area contributed by atoms with Crippen LogP contribution in [0, 0.1) is 5.92 Å². The van der Waals surface area contributed by atoms with Crippen LogP contribution in [0.3, 0.4) is 0 Å². The van der Waals surface area contributed by atoms with Crippen molar-refractivity contribution in [3.05, 3.63) is 0 Å². The molecule has 1 aliphatic rings. The van der Waals surface area contributed by atoms with Gasteiger partial charge in [0.2, 0.25) is 0 Å². The van der Waals surface area contributed by atoms with Gasteiger partial charge in [-0.15, -0.1) is 0 Å². The van der Waals surface area contributed by atoms with Gasteiger partial charge in [-0.2, -0.15) is 0 Å². The van der Waals surface area contributed by atoms with Gasteiger partial charge in [0, 0.05) is 5.54 Å². The van der Waals surface area contributed by atoms with E-state index in [0.717, 1.165) is 19.4 Å². The van der Waals surface area contributed by atoms with Crippen molar-refractivity contribution >= 4 is 5.97 Å². The molecule has 0 unspecified atom stereocenters. The summed E-state index contributed by atoms with van der Waals surface area (Å²) in [6, 6.07) is 0. The number of nitrogens with one attached hydrogen (secondary N) is 1. The highest BCUT2D eigenvalue weighted by Crippen LogP contribution is 2.32. The number of carboxylic acids is 1. The normalized spacial score (nSPS) is 20.2. The second-order valence-corrected chi connectivity index (χ2v) is 4.83. The summed E-state index contributed by atoms with van der Waals surface area (Å²) >= 11 is 0. The molecule has 0 aromatic rings. The van der Waals surface area contributed by atoms with E-state index < -0.39 is 5.97 Å². The molecule has 3 heteroatoms. The molecular weight excluding hydrogens is 178 g/mol. The maximum Gasteiger partial charge on any atom is 0.305 e. The number of aliphatic carboxylic acids is 1. The lowest BCUT2D eigenvalue weighted by Crippen LogP contribution is -2.46. The Kier molecular flexibility index (Phi) is 3.93. The Bertz CT molecular complexity index is 195. The molecule has 82 valence electrons. The summed E-state index contributed by atoms with van der Waals surface area (Å²) in [5, 5.41) is 12.3. The van der Waals surface area contributed by atoms with E-state index in [9.17, 15) is 4.79 Å². The molecule has 0 amide bonds. The Hall–Kier alpha value is -0.570. The van der Waals surface area contributed by atoms with Crippen LogP contribution >= 0.6 is 0 Å². The summed E-state index contributed by atoms with van der Waals surface area (Å²) in [6.45, 7) is 5.22. The van der Waals surface area contributed by atoms with Gasteiger partial charge in [0.1, 0.15) is 0 Å². The molecule has 0 saturated heterocycles. The molecule has 1 rings (SSSR count). The molecule has 2 N–H and O–H groups in total. The van der Waals surface area contributed by atoms with E-state index >= 15 is 0 Å². The fraction of sp³-hybridized carbons (Fsp3) is 0.909. The first-order valence-corrected chi connectivity index (χ1v) is 5.51. The molecule has 0 spiro atoms. The molecule has 1 saturated carbocycles. The highest BCUT2D eigenvalue weighted by molar-refractivity contribution is 5.68. The third-order valence-corrected chi connectivity index (χ3v) is 2.94. The summed E-state index contributed by atoms with van der Waals surface area (Å²) in [7, 11) is 0. The van der Waals surface area contributed by atoms with Gasteiger partial charge < -0.3 is 10.4 Å². The minimum absolute atomic E-state index is 0.101. The lowest BCUT2D eigenvalue weighted by molar-refractivity contribution is -0.138. The summed E-state index contributed by atoms with van der Waals surface area (Å²) in [5.41, 5.74) is -0.101. The van der Waals surface area contributed by atoms with Gasteiger partial charge in [-0.25, -0.2) is 0 Å². The molecule has 0 aromatic carbocycles. The van der Waals surface area contributed by atoms with Crippen molar-refractivity contribution < 1.29 is 9.90 Å². The maximum atomic E-state index is 10.8. The second-order valence-electron chi connectivity index (χ2n) is 4.83. The first kappa shape index (κ1) is 11.5. The standard InChI is InChI=1S/C11H21NO2/c1-9(2)8-12-11(7-10(13)14)5-3-4-6-11/h9,12H,3-8H2,1-2H3,(H,13,14).